The van der Waals surface area contributed by atoms with Crippen molar-refractivity contribution < 1.29 is 9.18 Å². The third-order valence-corrected chi connectivity index (χ3v) is 5.72. The molecule has 152 valence electrons. The van der Waals surface area contributed by atoms with E-state index in [1.807, 2.05) is 17.2 Å². The van der Waals surface area contributed by atoms with Crippen LogP contribution in [0.5, 0.6) is 0 Å². The van der Waals surface area contributed by atoms with Crippen molar-refractivity contribution in [3.8, 4) is 0 Å². The molecule has 3 heterocycles. The van der Waals surface area contributed by atoms with Crippen LogP contribution in [0.25, 0.3) is 11.0 Å². The molecule has 5 nitrogen and oxygen atoms in total. The van der Waals surface area contributed by atoms with Crippen LogP contribution in [0.3, 0.4) is 0 Å². The highest BCUT2D eigenvalue weighted by molar-refractivity contribution is 5.80. The smallest absolute Gasteiger partial charge is 0.227 e. The molecule has 1 aliphatic rings. The first-order chi connectivity index (χ1) is 14.1. The molecule has 0 unspecified atom stereocenters. The fourth-order valence-corrected chi connectivity index (χ4v) is 4.07. The zero-order valence-electron chi connectivity index (χ0n) is 16.9. The zero-order valence-corrected chi connectivity index (χ0v) is 16.9. The lowest BCUT2D eigenvalue weighted by molar-refractivity contribution is -0.132. The van der Waals surface area contributed by atoms with Crippen molar-refractivity contribution in [2.45, 2.75) is 26.3 Å². The molecule has 29 heavy (non-hydrogen) atoms. The summed E-state index contributed by atoms with van der Waals surface area (Å²) in [6, 6.07) is 10.4. The van der Waals surface area contributed by atoms with Gasteiger partial charge in [-0.25, -0.2) is 9.37 Å². The minimum absolute atomic E-state index is 0.0762. The summed E-state index contributed by atoms with van der Waals surface area (Å²) in [6.45, 7) is 7.24. The number of fused-ring (bicyclic) bond motifs is 1. The second-order valence-corrected chi connectivity index (χ2v) is 7.59. The van der Waals surface area contributed by atoms with Crippen LogP contribution < -0.4 is 0 Å². The number of carbonyl (C=O) groups is 1. The summed E-state index contributed by atoms with van der Waals surface area (Å²) in [5.74, 6) is -0.216. The molecule has 0 radical (unpaired) electrons. The van der Waals surface area contributed by atoms with Crippen LogP contribution in [0.4, 0.5) is 4.39 Å². The number of piperazine rings is 1. The molecule has 2 aromatic heterocycles. The summed E-state index contributed by atoms with van der Waals surface area (Å²) in [5, 5.41) is 1.23. The van der Waals surface area contributed by atoms with Gasteiger partial charge in [0.15, 0.2) is 0 Å². The van der Waals surface area contributed by atoms with Crippen molar-refractivity contribution in [1.82, 2.24) is 19.4 Å². The molecular formula is C23H27FN4O. The van der Waals surface area contributed by atoms with Gasteiger partial charge in [-0.05, 0) is 48.7 Å². The predicted octanol–water partition coefficient (Wildman–Crippen LogP) is 3.12. The number of hydrogen-bond donors (Lipinski definition) is 0. The average Bonchev–Trinajstić information content (AvgIpc) is 3.10. The lowest BCUT2D eigenvalue weighted by Crippen LogP contribution is -2.49. The number of carbonyl (C=O) groups excluding carboxylic acids is 1. The van der Waals surface area contributed by atoms with Crippen LogP contribution in [-0.2, 0) is 24.2 Å². The Morgan fingerprint density at radius 3 is 2.72 bits per heavy atom. The highest BCUT2D eigenvalue weighted by Crippen LogP contribution is 2.20. The van der Waals surface area contributed by atoms with Gasteiger partial charge in [-0.15, -0.1) is 0 Å². The van der Waals surface area contributed by atoms with Crippen molar-refractivity contribution in [3.63, 3.8) is 0 Å². The second-order valence-electron chi connectivity index (χ2n) is 7.59. The summed E-state index contributed by atoms with van der Waals surface area (Å²) in [6.07, 6.45) is 5.31. The van der Waals surface area contributed by atoms with Gasteiger partial charge in [0.25, 0.3) is 0 Å². The lowest BCUT2D eigenvalue weighted by atomic mass is 10.1. The van der Waals surface area contributed by atoms with E-state index in [0.29, 0.717) is 0 Å². The Morgan fingerprint density at radius 2 is 1.97 bits per heavy atom. The summed E-state index contributed by atoms with van der Waals surface area (Å²) >= 11 is 0. The Labute approximate surface area is 170 Å². The van der Waals surface area contributed by atoms with Crippen molar-refractivity contribution in [2.24, 2.45) is 0 Å². The summed E-state index contributed by atoms with van der Waals surface area (Å²) in [4.78, 5) is 21.4. The summed E-state index contributed by atoms with van der Waals surface area (Å²) in [5.41, 5.74) is 3.12. The highest BCUT2D eigenvalue weighted by atomic mass is 19.1. The quantitative estimate of drug-likeness (QED) is 0.645. The highest BCUT2D eigenvalue weighted by Gasteiger charge is 2.21. The molecule has 0 N–H and O–H groups in total. The average molecular weight is 394 g/mol. The molecule has 3 aromatic rings. The largest absolute Gasteiger partial charge is 0.340 e. The van der Waals surface area contributed by atoms with Crippen LogP contribution in [-0.4, -0.2) is 58.0 Å². The van der Waals surface area contributed by atoms with E-state index in [2.05, 4.69) is 33.6 Å². The van der Waals surface area contributed by atoms with Crippen LogP contribution in [0.15, 0.2) is 48.8 Å². The van der Waals surface area contributed by atoms with E-state index in [9.17, 15) is 9.18 Å². The Hall–Kier alpha value is -2.73. The molecular weight excluding hydrogens is 367 g/mol. The minimum atomic E-state index is -0.292. The third kappa shape index (κ3) is 4.48. The second kappa shape index (κ2) is 8.74. The van der Waals surface area contributed by atoms with Crippen LogP contribution >= 0.6 is 0 Å². The molecule has 4 rings (SSSR count). The molecule has 1 fully saturated rings. The number of benzene rings is 1. The van der Waals surface area contributed by atoms with Gasteiger partial charge in [0, 0.05) is 57.0 Å². The monoisotopic (exact) mass is 394 g/mol. The van der Waals surface area contributed by atoms with Crippen molar-refractivity contribution in [2.75, 3.05) is 32.7 Å². The number of aromatic nitrogens is 2. The van der Waals surface area contributed by atoms with Crippen LogP contribution in [0.1, 0.15) is 18.1 Å². The summed E-state index contributed by atoms with van der Waals surface area (Å²) < 4.78 is 15.5. The van der Waals surface area contributed by atoms with E-state index in [0.717, 1.165) is 56.9 Å². The molecule has 1 aliphatic heterocycles. The predicted molar refractivity (Wildman–Crippen MR) is 112 cm³/mol. The number of amides is 1. The SMILES string of the molecule is CCn1cc(CCN2CCN(C(=O)Cc3cccc(F)c3)CC2)c2cccnc21. The normalized spacial score (nSPS) is 15.2. The van der Waals surface area contributed by atoms with E-state index < -0.39 is 0 Å². The zero-order chi connectivity index (χ0) is 20.2. The Bertz CT molecular complexity index is 991. The molecule has 0 atom stereocenters. The fourth-order valence-electron chi connectivity index (χ4n) is 4.07. The third-order valence-electron chi connectivity index (χ3n) is 5.72. The van der Waals surface area contributed by atoms with Gasteiger partial charge < -0.3 is 9.47 Å². The molecule has 1 saturated heterocycles. The molecule has 1 aromatic carbocycles. The minimum Gasteiger partial charge on any atom is -0.340 e. The van der Waals surface area contributed by atoms with E-state index in [4.69, 9.17) is 0 Å². The lowest BCUT2D eigenvalue weighted by Gasteiger charge is -2.34. The van der Waals surface area contributed by atoms with E-state index in [-0.39, 0.29) is 18.1 Å². The van der Waals surface area contributed by atoms with Gasteiger partial charge in [0.2, 0.25) is 5.91 Å². The van der Waals surface area contributed by atoms with Gasteiger partial charge in [0.05, 0.1) is 6.42 Å². The van der Waals surface area contributed by atoms with E-state index >= 15 is 0 Å². The number of halogens is 1. The molecule has 0 saturated carbocycles. The van der Waals surface area contributed by atoms with Gasteiger partial charge in [-0.3, -0.25) is 9.69 Å². The van der Waals surface area contributed by atoms with Gasteiger partial charge in [-0.2, -0.15) is 0 Å². The summed E-state index contributed by atoms with van der Waals surface area (Å²) in [7, 11) is 0. The van der Waals surface area contributed by atoms with Gasteiger partial charge in [0.1, 0.15) is 11.5 Å². The molecule has 0 spiro atoms. The first kappa shape index (κ1) is 19.6. The van der Waals surface area contributed by atoms with Crippen LogP contribution in [0.2, 0.25) is 0 Å². The maximum absolute atomic E-state index is 13.3. The van der Waals surface area contributed by atoms with Gasteiger partial charge >= 0.3 is 0 Å². The molecule has 0 bridgehead atoms. The topological polar surface area (TPSA) is 41.4 Å². The van der Waals surface area contributed by atoms with Crippen molar-refractivity contribution in [3.05, 3.63) is 65.7 Å². The molecule has 1 amide bonds. The molecule has 6 heteroatoms. The van der Waals surface area contributed by atoms with E-state index in [1.54, 1.807) is 12.1 Å². The first-order valence-corrected chi connectivity index (χ1v) is 10.3. The Kier molecular flexibility index (Phi) is 5.90. The van der Waals surface area contributed by atoms with Crippen LogP contribution in [0, 0.1) is 5.82 Å². The maximum atomic E-state index is 13.3. The number of pyridine rings is 1. The number of nitrogens with zero attached hydrogens (tertiary/aromatic N) is 4. The maximum Gasteiger partial charge on any atom is 0.227 e. The number of hydrogen-bond acceptors (Lipinski definition) is 3. The molecule has 0 aliphatic carbocycles. The van der Waals surface area contributed by atoms with Crippen molar-refractivity contribution >= 4 is 16.9 Å². The number of rotatable bonds is 6. The standard InChI is InChI=1S/C23H27FN4O/c1-2-27-17-19(21-7-4-9-25-23(21)27)8-10-26-11-13-28(14-12-26)22(29)16-18-5-3-6-20(24)15-18/h3-7,9,15,17H,2,8,10-14,16H2,1H3. The first-order valence-electron chi connectivity index (χ1n) is 10.3. The van der Waals surface area contributed by atoms with Crippen molar-refractivity contribution in [1.29, 1.82) is 0 Å². The van der Waals surface area contributed by atoms with E-state index in [1.165, 1.54) is 23.1 Å². The Balaban J connectivity index is 1.30. The Morgan fingerprint density at radius 1 is 1.14 bits per heavy atom. The number of aryl methyl sites for hydroxylation is 1. The fraction of sp³-hybridized carbons (Fsp3) is 0.391. The van der Waals surface area contributed by atoms with Gasteiger partial charge in [-0.1, -0.05) is 12.1 Å².